The first-order valence-corrected chi connectivity index (χ1v) is 4.59. The Labute approximate surface area is 87.3 Å². The van der Waals surface area contributed by atoms with Crippen molar-refractivity contribution < 1.29 is 14.6 Å². The molecule has 0 spiro atoms. The van der Waals surface area contributed by atoms with Crippen LogP contribution in [0.25, 0.3) is 0 Å². The van der Waals surface area contributed by atoms with Gasteiger partial charge in [0.15, 0.2) is 5.05 Å². The lowest BCUT2D eigenvalue weighted by Gasteiger charge is -2.07. The summed E-state index contributed by atoms with van der Waals surface area (Å²) in [7, 11) is 0. The number of benzene rings is 1. The van der Waals surface area contributed by atoms with Gasteiger partial charge in [-0.25, -0.2) is 4.79 Å². The minimum absolute atomic E-state index is 0.128. The average Bonchev–Trinajstić information content (AvgIpc) is 2.18. The van der Waals surface area contributed by atoms with Crippen LogP contribution >= 0.6 is 12.2 Å². The number of hydrogen-bond donors (Lipinski definition) is 1. The molecule has 3 nitrogen and oxygen atoms in total. The number of ether oxygens (including phenoxy) is 1. The molecule has 0 aliphatic rings. The molecule has 14 heavy (non-hydrogen) atoms. The van der Waals surface area contributed by atoms with Gasteiger partial charge in [0.25, 0.3) is 0 Å². The molecule has 0 bridgehead atoms. The molecule has 0 atom stereocenters. The zero-order chi connectivity index (χ0) is 10.6. The van der Waals surface area contributed by atoms with Gasteiger partial charge < -0.3 is 9.84 Å². The van der Waals surface area contributed by atoms with Crippen LogP contribution < -0.4 is 4.74 Å². The van der Waals surface area contributed by atoms with Crippen LogP contribution in [0.4, 0.5) is 0 Å². The smallest absolute Gasteiger partial charge is 0.339 e. The first-order valence-electron chi connectivity index (χ1n) is 4.18. The molecule has 0 aromatic heterocycles. The van der Waals surface area contributed by atoms with Crippen molar-refractivity contribution in [1.82, 2.24) is 0 Å². The standard InChI is InChI=1S/C10H10O3S/c1-2-9(14)13-8-6-4-3-5-7(8)10(11)12/h3-6H,2H2,1H3,(H,11,12). The van der Waals surface area contributed by atoms with E-state index in [9.17, 15) is 4.79 Å². The van der Waals surface area contributed by atoms with Crippen molar-refractivity contribution in [2.24, 2.45) is 0 Å². The predicted molar refractivity (Wildman–Crippen MR) is 56.9 cm³/mol. The minimum atomic E-state index is -1.01. The van der Waals surface area contributed by atoms with Gasteiger partial charge in [0, 0.05) is 6.42 Å². The normalized spacial score (nSPS) is 9.50. The molecule has 1 N–H and O–H groups in total. The molecule has 0 unspecified atom stereocenters. The minimum Gasteiger partial charge on any atom is -0.478 e. The molecule has 0 aliphatic heterocycles. The van der Waals surface area contributed by atoms with Gasteiger partial charge in [0.05, 0.1) is 0 Å². The molecule has 0 radical (unpaired) electrons. The monoisotopic (exact) mass is 210 g/mol. The quantitative estimate of drug-likeness (QED) is 0.778. The number of carboxylic acid groups (broad SMARTS) is 1. The van der Waals surface area contributed by atoms with Crippen LogP contribution in [-0.2, 0) is 0 Å². The van der Waals surface area contributed by atoms with E-state index in [0.717, 1.165) is 0 Å². The van der Waals surface area contributed by atoms with E-state index in [0.29, 0.717) is 17.2 Å². The van der Waals surface area contributed by atoms with E-state index >= 15 is 0 Å². The molecule has 1 aromatic carbocycles. The average molecular weight is 210 g/mol. The summed E-state index contributed by atoms with van der Waals surface area (Å²) in [5, 5.41) is 9.22. The molecule has 74 valence electrons. The highest BCUT2D eigenvalue weighted by molar-refractivity contribution is 7.80. The van der Waals surface area contributed by atoms with E-state index in [1.807, 2.05) is 6.92 Å². The van der Waals surface area contributed by atoms with E-state index in [1.165, 1.54) is 6.07 Å². The third-order valence-electron chi connectivity index (χ3n) is 1.63. The highest BCUT2D eigenvalue weighted by Gasteiger charge is 2.10. The van der Waals surface area contributed by atoms with E-state index in [1.54, 1.807) is 18.2 Å². The fourth-order valence-corrected chi connectivity index (χ4v) is 1.02. The summed E-state index contributed by atoms with van der Waals surface area (Å²) in [6.45, 7) is 1.85. The van der Waals surface area contributed by atoms with E-state index in [-0.39, 0.29) is 5.56 Å². The second-order valence-corrected chi connectivity index (χ2v) is 3.08. The molecular formula is C10H10O3S. The van der Waals surface area contributed by atoms with Crippen LogP contribution in [0.2, 0.25) is 0 Å². The Morgan fingerprint density at radius 1 is 1.50 bits per heavy atom. The molecule has 1 rings (SSSR count). The molecule has 4 heteroatoms. The van der Waals surface area contributed by atoms with Crippen molar-refractivity contribution >= 4 is 23.2 Å². The Hall–Kier alpha value is -1.42. The zero-order valence-corrected chi connectivity index (χ0v) is 8.50. The van der Waals surface area contributed by atoms with E-state index < -0.39 is 5.97 Å². The lowest BCUT2D eigenvalue weighted by Crippen LogP contribution is -2.07. The van der Waals surface area contributed by atoms with Crippen molar-refractivity contribution in [3.8, 4) is 5.75 Å². The highest BCUT2D eigenvalue weighted by atomic mass is 32.1. The molecule has 0 fully saturated rings. The SMILES string of the molecule is CCC(=S)Oc1ccccc1C(=O)O. The summed E-state index contributed by atoms with van der Waals surface area (Å²) in [5.41, 5.74) is 0.128. The molecule has 0 saturated heterocycles. The van der Waals surface area contributed by atoms with Crippen LogP contribution in [0.1, 0.15) is 23.7 Å². The topological polar surface area (TPSA) is 46.5 Å². The van der Waals surface area contributed by atoms with Crippen molar-refractivity contribution in [2.45, 2.75) is 13.3 Å². The number of carboxylic acids is 1. The van der Waals surface area contributed by atoms with Gasteiger partial charge in [-0.3, -0.25) is 0 Å². The number of hydrogen-bond acceptors (Lipinski definition) is 3. The second kappa shape index (κ2) is 4.72. The number of carbonyl (C=O) groups is 1. The molecule has 0 aliphatic carbocycles. The van der Waals surface area contributed by atoms with Gasteiger partial charge in [-0.1, -0.05) is 19.1 Å². The van der Waals surface area contributed by atoms with Crippen molar-refractivity contribution in [3.05, 3.63) is 29.8 Å². The zero-order valence-electron chi connectivity index (χ0n) is 7.69. The third-order valence-corrected chi connectivity index (χ3v) is 2.00. The highest BCUT2D eigenvalue weighted by Crippen LogP contribution is 2.18. The Morgan fingerprint density at radius 3 is 2.71 bits per heavy atom. The van der Waals surface area contributed by atoms with Crippen LogP contribution in [-0.4, -0.2) is 16.1 Å². The lowest BCUT2D eigenvalue weighted by molar-refractivity contribution is 0.0694. The summed E-state index contributed by atoms with van der Waals surface area (Å²) in [5.74, 6) is -0.716. The van der Waals surface area contributed by atoms with Crippen LogP contribution in [0.15, 0.2) is 24.3 Å². The van der Waals surface area contributed by atoms with Crippen molar-refractivity contribution in [1.29, 1.82) is 0 Å². The summed E-state index contributed by atoms with van der Waals surface area (Å²) in [4.78, 5) is 10.8. The number of aromatic carboxylic acids is 1. The molecule has 0 heterocycles. The second-order valence-electron chi connectivity index (χ2n) is 2.63. The van der Waals surface area contributed by atoms with Crippen LogP contribution in [0.3, 0.4) is 0 Å². The number of para-hydroxylation sites is 1. The fourth-order valence-electron chi connectivity index (χ4n) is 0.927. The van der Waals surface area contributed by atoms with E-state index in [2.05, 4.69) is 0 Å². The van der Waals surface area contributed by atoms with Gasteiger partial charge in [-0.05, 0) is 24.4 Å². The first-order chi connectivity index (χ1) is 6.65. The Bertz CT molecular complexity index is 360. The Kier molecular flexibility index (Phi) is 3.59. The maximum absolute atomic E-state index is 10.8. The fraction of sp³-hybridized carbons (Fsp3) is 0.200. The molecular weight excluding hydrogens is 200 g/mol. The number of rotatable bonds is 3. The van der Waals surface area contributed by atoms with Gasteiger partial charge in [-0.2, -0.15) is 0 Å². The van der Waals surface area contributed by atoms with Gasteiger partial charge in [0.1, 0.15) is 11.3 Å². The Balaban J connectivity index is 2.95. The molecule has 0 saturated carbocycles. The van der Waals surface area contributed by atoms with Crippen molar-refractivity contribution in [3.63, 3.8) is 0 Å². The summed E-state index contributed by atoms with van der Waals surface area (Å²) < 4.78 is 5.21. The van der Waals surface area contributed by atoms with Crippen molar-refractivity contribution in [2.75, 3.05) is 0 Å². The maximum atomic E-state index is 10.8. The molecule has 0 amide bonds. The third kappa shape index (κ3) is 2.53. The van der Waals surface area contributed by atoms with Crippen LogP contribution in [0, 0.1) is 0 Å². The largest absolute Gasteiger partial charge is 0.478 e. The Morgan fingerprint density at radius 2 is 2.14 bits per heavy atom. The first kappa shape index (κ1) is 10.7. The maximum Gasteiger partial charge on any atom is 0.339 e. The predicted octanol–water partition coefficient (Wildman–Crippen LogP) is 2.50. The summed E-state index contributed by atoms with van der Waals surface area (Å²) in [6, 6.07) is 6.42. The van der Waals surface area contributed by atoms with Gasteiger partial charge in [-0.15, -0.1) is 0 Å². The van der Waals surface area contributed by atoms with Gasteiger partial charge in [0.2, 0.25) is 0 Å². The van der Waals surface area contributed by atoms with Crippen LogP contribution in [0.5, 0.6) is 5.75 Å². The summed E-state index contributed by atoms with van der Waals surface area (Å²) in [6.07, 6.45) is 0.587. The summed E-state index contributed by atoms with van der Waals surface area (Å²) >= 11 is 4.87. The molecule has 1 aromatic rings. The van der Waals surface area contributed by atoms with E-state index in [4.69, 9.17) is 22.1 Å². The number of thiocarbonyl (C=S) groups is 1. The lowest BCUT2D eigenvalue weighted by atomic mass is 10.2. The van der Waals surface area contributed by atoms with Gasteiger partial charge >= 0.3 is 5.97 Å².